The molecule has 2 nitrogen and oxygen atoms in total. The molecular weight excluding hydrogens is 342 g/mol. The van der Waals surface area contributed by atoms with E-state index in [9.17, 15) is 0 Å². The quantitative estimate of drug-likeness (QED) is 0.302. The fourth-order valence-electron chi connectivity index (χ4n) is 4.81. The number of hydrogen-bond donors (Lipinski definition) is 0. The third-order valence-electron chi connectivity index (χ3n) is 6.33. The maximum Gasteiger partial charge on any atom is 0.228 e. The summed E-state index contributed by atoms with van der Waals surface area (Å²) >= 11 is 0. The van der Waals surface area contributed by atoms with Gasteiger partial charge in [-0.1, -0.05) is 38.1 Å². The highest BCUT2D eigenvalue weighted by molar-refractivity contribution is 6.07. The maximum absolute atomic E-state index is 6.64. The molecular formula is C26H26NO+. The minimum Gasteiger partial charge on any atom is -0.455 e. The molecule has 4 aromatic rings. The van der Waals surface area contributed by atoms with Gasteiger partial charge in [-0.3, -0.25) is 0 Å². The SMILES string of the molecule is Cc1c2c(c(C)c3c(C)cccc13)-c1c3c(cc(C(C)C)cc3cc[n+]1C)O2. The third-order valence-corrected chi connectivity index (χ3v) is 6.33. The Bertz CT molecular complexity index is 1300. The number of aromatic nitrogens is 1. The van der Waals surface area contributed by atoms with Crippen molar-refractivity contribution in [1.82, 2.24) is 0 Å². The Labute approximate surface area is 166 Å². The number of nitrogens with zero attached hydrogens (tertiary/aromatic N) is 1. The molecule has 0 N–H and O–H groups in total. The van der Waals surface area contributed by atoms with Crippen molar-refractivity contribution >= 4 is 21.5 Å². The summed E-state index contributed by atoms with van der Waals surface area (Å²) in [6, 6.07) is 13.3. The van der Waals surface area contributed by atoms with Gasteiger partial charge in [0.05, 0.1) is 10.9 Å². The van der Waals surface area contributed by atoms with Gasteiger partial charge in [-0.25, -0.2) is 4.57 Å². The van der Waals surface area contributed by atoms with Crippen LogP contribution in [0.3, 0.4) is 0 Å². The molecule has 0 atom stereocenters. The van der Waals surface area contributed by atoms with Gasteiger partial charge in [0.1, 0.15) is 18.5 Å². The van der Waals surface area contributed by atoms with Crippen LogP contribution in [-0.4, -0.2) is 0 Å². The number of pyridine rings is 1. The van der Waals surface area contributed by atoms with E-state index < -0.39 is 0 Å². The van der Waals surface area contributed by atoms with Gasteiger partial charge in [-0.15, -0.1) is 0 Å². The Morgan fingerprint density at radius 1 is 0.929 bits per heavy atom. The smallest absolute Gasteiger partial charge is 0.228 e. The summed E-state index contributed by atoms with van der Waals surface area (Å²) in [5.74, 6) is 2.45. The highest BCUT2D eigenvalue weighted by Gasteiger charge is 2.32. The summed E-state index contributed by atoms with van der Waals surface area (Å²) in [7, 11) is 2.14. The molecule has 0 saturated carbocycles. The summed E-state index contributed by atoms with van der Waals surface area (Å²) in [5, 5.41) is 5.11. The van der Waals surface area contributed by atoms with Crippen LogP contribution in [0.4, 0.5) is 0 Å². The number of ether oxygens (including phenoxy) is 1. The summed E-state index contributed by atoms with van der Waals surface area (Å²) in [6.45, 7) is 11.1. The van der Waals surface area contributed by atoms with Crippen molar-refractivity contribution in [1.29, 1.82) is 0 Å². The zero-order valence-electron chi connectivity index (χ0n) is 17.5. The molecule has 1 aliphatic heterocycles. The first-order chi connectivity index (χ1) is 13.4. The number of hydrogen-bond acceptors (Lipinski definition) is 1. The van der Waals surface area contributed by atoms with Crippen molar-refractivity contribution in [2.24, 2.45) is 7.05 Å². The summed E-state index contributed by atoms with van der Waals surface area (Å²) in [4.78, 5) is 0. The topological polar surface area (TPSA) is 13.1 Å². The standard InChI is InChI=1S/C26H26NO/c1-14(2)19-12-18-10-11-27(6)25-23-17(5)22-15(3)8-7-9-20(22)16(4)26(23)28-21(13-19)24(18)25/h7-14H,1-6H3/q+1. The van der Waals surface area contributed by atoms with E-state index in [4.69, 9.17) is 4.74 Å². The van der Waals surface area contributed by atoms with Crippen LogP contribution in [0.15, 0.2) is 42.6 Å². The molecule has 2 heterocycles. The number of benzene rings is 3. The number of aryl methyl sites for hydroxylation is 4. The van der Waals surface area contributed by atoms with Gasteiger partial charge >= 0.3 is 0 Å². The lowest BCUT2D eigenvalue weighted by Crippen LogP contribution is -2.32. The molecule has 140 valence electrons. The first kappa shape index (κ1) is 17.2. The Morgan fingerprint density at radius 3 is 2.46 bits per heavy atom. The summed E-state index contributed by atoms with van der Waals surface area (Å²) in [5.41, 5.74) is 7.65. The summed E-state index contributed by atoms with van der Waals surface area (Å²) < 4.78 is 8.89. The van der Waals surface area contributed by atoms with Crippen molar-refractivity contribution in [3.8, 4) is 22.8 Å². The van der Waals surface area contributed by atoms with E-state index in [1.54, 1.807) is 0 Å². The minimum absolute atomic E-state index is 0.463. The van der Waals surface area contributed by atoms with Gasteiger partial charge in [0.2, 0.25) is 5.69 Å². The van der Waals surface area contributed by atoms with Gasteiger partial charge in [-0.2, -0.15) is 0 Å². The second kappa shape index (κ2) is 5.81. The van der Waals surface area contributed by atoms with E-state index in [-0.39, 0.29) is 0 Å². The van der Waals surface area contributed by atoms with E-state index >= 15 is 0 Å². The molecule has 0 unspecified atom stereocenters. The van der Waals surface area contributed by atoms with Gasteiger partial charge in [0.25, 0.3) is 0 Å². The Morgan fingerprint density at radius 2 is 1.71 bits per heavy atom. The average molecular weight is 369 g/mol. The minimum atomic E-state index is 0.463. The van der Waals surface area contributed by atoms with Crippen LogP contribution in [0.2, 0.25) is 0 Å². The monoisotopic (exact) mass is 368 g/mol. The van der Waals surface area contributed by atoms with Crippen LogP contribution >= 0.6 is 0 Å². The molecule has 2 heteroatoms. The lowest BCUT2D eigenvalue weighted by atomic mass is 9.87. The van der Waals surface area contributed by atoms with Crippen molar-refractivity contribution in [2.75, 3.05) is 0 Å². The second-order valence-electron chi connectivity index (χ2n) is 8.47. The Kier molecular flexibility index (Phi) is 3.58. The third kappa shape index (κ3) is 2.18. The molecule has 0 amide bonds. The van der Waals surface area contributed by atoms with Gasteiger partial charge in [0, 0.05) is 11.6 Å². The molecule has 0 saturated heterocycles. The van der Waals surface area contributed by atoms with Crippen LogP contribution in [0.5, 0.6) is 11.5 Å². The zero-order valence-corrected chi connectivity index (χ0v) is 17.5. The lowest BCUT2D eigenvalue weighted by Gasteiger charge is -2.25. The number of rotatable bonds is 1. The van der Waals surface area contributed by atoms with Gasteiger partial charge < -0.3 is 4.74 Å². The maximum atomic E-state index is 6.64. The zero-order chi connectivity index (χ0) is 19.7. The van der Waals surface area contributed by atoms with Crippen molar-refractivity contribution < 1.29 is 9.30 Å². The highest BCUT2D eigenvalue weighted by atomic mass is 16.5. The van der Waals surface area contributed by atoms with Crippen molar-refractivity contribution in [3.63, 3.8) is 0 Å². The van der Waals surface area contributed by atoms with Crippen LogP contribution in [0.25, 0.3) is 32.8 Å². The largest absolute Gasteiger partial charge is 0.455 e. The van der Waals surface area contributed by atoms with Crippen LogP contribution < -0.4 is 9.30 Å². The van der Waals surface area contributed by atoms with E-state index in [0.29, 0.717) is 5.92 Å². The fraction of sp³-hybridized carbons (Fsp3) is 0.269. The van der Waals surface area contributed by atoms with Crippen LogP contribution in [-0.2, 0) is 7.05 Å². The summed E-state index contributed by atoms with van der Waals surface area (Å²) in [6.07, 6.45) is 2.18. The highest BCUT2D eigenvalue weighted by Crippen LogP contribution is 2.51. The first-order valence-corrected chi connectivity index (χ1v) is 10.1. The Hall–Kier alpha value is -2.87. The molecule has 0 spiro atoms. The Balaban J connectivity index is 2.00. The van der Waals surface area contributed by atoms with E-state index in [1.807, 2.05) is 0 Å². The molecule has 3 aromatic carbocycles. The fourth-order valence-corrected chi connectivity index (χ4v) is 4.81. The predicted octanol–water partition coefficient (Wildman–Crippen LogP) is 6.64. The molecule has 1 aliphatic rings. The van der Waals surface area contributed by atoms with Crippen LogP contribution in [0.1, 0.15) is 42.0 Å². The molecule has 0 aliphatic carbocycles. The molecule has 28 heavy (non-hydrogen) atoms. The van der Waals surface area contributed by atoms with Crippen molar-refractivity contribution in [3.05, 3.63) is 64.8 Å². The molecule has 0 fully saturated rings. The van der Waals surface area contributed by atoms with Gasteiger partial charge in [0.15, 0.2) is 6.20 Å². The average Bonchev–Trinajstić information content (AvgIpc) is 2.67. The molecule has 0 bridgehead atoms. The predicted molar refractivity (Wildman–Crippen MR) is 116 cm³/mol. The van der Waals surface area contributed by atoms with Gasteiger partial charge in [-0.05, 0) is 65.6 Å². The normalized spacial score (nSPS) is 12.5. The molecule has 1 aromatic heterocycles. The lowest BCUT2D eigenvalue weighted by molar-refractivity contribution is -0.659. The van der Waals surface area contributed by atoms with E-state index in [2.05, 4.69) is 88.8 Å². The molecule has 0 radical (unpaired) electrons. The van der Waals surface area contributed by atoms with E-state index in [0.717, 1.165) is 11.5 Å². The van der Waals surface area contributed by atoms with Crippen molar-refractivity contribution in [2.45, 2.75) is 40.5 Å². The molecule has 5 rings (SSSR count). The number of fused-ring (bicyclic) bond motifs is 3. The first-order valence-electron chi connectivity index (χ1n) is 10.1. The van der Waals surface area contributed by atoms with Crippen LogP contribution in [0, 0.1) is 20.8 Å². The van der Waals surface area contributed by atoms with E-state index in [1.165, 1.54) is 55.1 Å². The second-order valence-corrected chi connectivity index (χ2v) is 8.47.